The number of hydrogen-bond acceptors (Lipinski definition) is 5. The normalized spacial score (nSPS) is 14.8. The number of ether oxygens (including phenoxy) is 3. The average Bonchev–Trinajstić information content (AvgIpc) is 2.92. The summed E-state index contributed by atoms with van der Waals surface area (Å²) in [6.07, 6.45) is -0.154. The van der Waals surface area contributed by atoms with E-state index in [1.807, 2.05) is 71.6 Å². The Morgan fingerprint density at radius 1 is 0.917 bits per heavy atom. The SMILES string of the molecule is COc1ccc(NC(=O)N2CCN(C[C@H](OCc3cccc(Cl)c3)c3cccc(OC)c3)CC2)cc1. The number of carbonyl (C=O) groups excluding carboxylic acids is 1. The molecular formula is C28H32ClN3O4. The van der Waals surface area contributed by atoms with E-state index in [4.69, 9.17) is 25.8 Å². The first-order chi connectivity index (χ1) is 17.5. The number of benzene rings is 3. The number of methoxy groups -OCH3 is 2. The van der Waals surface area contributed by atoms with Crippen molar-refractivity contribution in [2.75, 3.05) is 52.3 Å². The second kappa shape index (κ2) is 12.6. The summed E-state index contributed by atoms with van der Waals surface area (Å²) >= 11 is 6.15. The highest BCUT2D eigenvalue weighted by Crippen LogP contribution is 2.25. The smallest absolute Gasteiger partial charge is 0.321 e. The maximum absolute atomic E-state index is 12.7. The van der Waals surface area contributed by atoms with Crippen molar-refractivity contribution in [3.63, 3.8) is 0 Å². The molecule has 3 aromatic rings. The molecule has 0 unspecified atom stereocenters. The summed E-state index contributed by atoms with van der Waals surface area (Å²) in [5, 5.41) is 3.66. The van der Waals surface area contributed by atoms with Crippen LogP contribution >= 0.6 is 11.6 Å². The quantitative estimate of drug-likeness (QED) is 0.414. The molecular weight excluding hydrogens is 478 g/mol. The summed E-state index contributed by atoms with van der Waals surface area (Å²) in [6, 6.07) is 22.9. The van der Waals surface area contributed by atoms with Gasteiger partial charge in [-0.15, -0.1) is 0 Å². The largest absolute Gasteiger partial charge is 0.497 e. The Balaban J connectivity index is 1.35. The van der Waals surface area contributed by atoms with Crippen molar-refractivity contribution >= 4 is 23.3 Å². The van der Waals surface area contributed by atoms with Gasteiger partial charge in [0.25, 0.3) is 0 Å². The predicted octanol–water partition coefficient (Wildman–Crippen LogP) is 5.46. The van der Waals surface area contributed by atoms with Crippen molar-refractivity contribution in [3.05, 3.63) is 88.9 Å². The van der Waals surface area contributed by atoms with Gasteiger partial charge in [0.15, 0.2) is 0 Å². The van der Waals surface area contributed by atoms with Gasteiger partial charge < -0.3 is 24.4 Å². The van der Waals surface area contributed by atoms with Gasteiger partial charge in [-0.2, -0.15) is 0 Å². The van der Waals surface area contributed by atoms with Crippen molar-refractivity contribution in [2.45, 2.75) is 12.7 Å². The van der Waals surface area contributed by atoms with Gasteiger partial charge in [-0.05, 0) is 59.7 Å². The van der Waals surface area contributed by atoms with Crippen molar-refractivity contribution in [1.82, 2.24) is 9.80 Å². The molecule has 1 aliphatic rings. The minimum atomic E-state index is -0.154. The second-order valence-electron chi connectivity index (χ2n) is 8.65. The zero-order valence-electron chi connectivity index (χ0n) is 20.7. The number of anilines is 1. The minimum Gasteiger partial charge on any atom is -0.497 e. The molecule has 1 saturated heterocycles. The molecule has 1 aliphatic heterocycles. The molecule has 0 aromatic heterocycles. The summed E-state index contributed by atoms with van der Waals surface area (Å²) in [6.45, 7) is 3.96. The van der Waals surface area contributed by atoms with Crippen LogP contribution in [-0.2, 0) is 11.3 Å². The number of amides is 2. The van der Waals surface area contributed by atoms with Crippen LogP contribution in [0.3, 0.4) is 0 Å². The van der Waals surface area contributed by atoms with Gasteiger partial charge in [-0.25, -0.2) is 4.79 Å². The molecule has 3 aromatic carbocycles. The molecule has 1 N–H and O–H groups in total. The Kier molecular flexibility index (Phi) is 9.06. The molecule has 0 saturated carbocycles. The van der Waals surface area contributed by atoms with Crippen molar-refractivity contribution < 1.29 is 19.0 Å². The molecule has 1 heterocycles. The number of halogens is 1. The molecule has 0 radical (unpaired) electrons. The fraction of sp³-hybridized carbons (Fsp3) is 0.321. The van der Waals surface area contributed by atoms with Gasteiger partial charge in [0, 0.05) is 43.4 Å². The molecule has 0 spiro atoms. The van der Waals surface area contributed by atoms with Crippen LogP contribution < -0.4 is 14.8 Å². The first-order valence-electron chi connectivity index (χ1n) is 12.0. The third kappa shape index (κ3) is 7.13. The Morgan fingerprint density at radius 2 is 1.64 bits per heavy atom. The van der Waals surface area contributed by atoms with Crippen LogP contribution in [0.5, 0.6) is 11.5 Å². The number of rotatable bonds is 9. The van der Waals surface area contributed by atoms with E-state index in [2.05, 4.69) is 16.3 Å². The highest BCUT2D eigenvalue weighted by Gasteiger charge is 2.24. The minimum absolute atomic E-state index is 0.0960. The summed E-state index contributed by atoms with van der Waals surface area (Å²) in [5.41, 5.74) is 2.82. The first kappa shape index (κ1) is 25.8. The van der Waals surface area contributed by atoms with Crippen LogP contribution in [0.2, 0.25) is 5.02 Å². The van der Waals surface area contributed by atoms with Crippen molar-refractivity contribution in [1.29, 1.82) is 0 Å². The van der Waals surface area contributed by atoms with E-state index in [1.165, 1.54) is 0 Å². The molecule has 0 aliphatic carbocycles. The highest BCUT2D eigenvalue weighted by atomic mass is 35.5. The Bertz CT molecular complexity index is 1130. The van der Waals surface area contributed by atoms with E-state index in [-0.39, 0.29) is 12.1 Å². The van der Waals surface area contributed by atoms with E-state index < -0.39 is 0 Å². The fourth-order valence-electron chi connectivity index (χ4n) is 4.16. The molecule has 0 bridgehead atoms. The summed E-state index contributed by atoms with van der Waals surface area (Å²) in [5.74, 6) is 1.55. The maximum atomic E-state index is 12.7. The first-order valence-corrected chi connectivity index (χ1v) is 12.3. The number of nitrogens with one attached hydrogen (secondary N) is 1. The number of piperazine rings is 1. The van der Waals surface area contributed by atoms with Crippen LogP contribution in [-0.4, -0.2) is 62.8 Å². The molecule has 8 heteroatoms. The lowest BCUT2D eigenvalue weighted by Crippen LogP contribution is -2.50. The van der Waals surface area contributed by atoms with Crippen LogP contribution in [0.15, 0.2) is 72.8 Å². The lowest BCUT2D eigenvalue weighted by atomic mass is 10.1. The predicted molar refractivity (Wildman–Crippen MR) is 142 cm³/mol. The molecule has 4 rings (SSSR count). The van der Waals surface area contributed by atoms with Crippen molar-refractivity contribution in [2.24, 2.45) is 0 Å². The Morgan fingerprint density at radius 3 is 2.33 bits per heavy atom. The third-order valence-electron chi connectivity index (χ3n) is 6.23. The lowest BCUT2D eigenvalue weighted by molar-refractivity contribution is 0.00584. The molecule has 190 valence electrons. The summed E-state index contributed by atoms with van der Waals surface area (Å²) in [7, 11) is 3.28. The number of urea groups is 1. The number of carbonyl (C=O) groups is 1. The summed E-state index contributed by atoms with van der Waals surface area (Å²) < 4.78 is 17.0. The standard InChI is InChI=1S/C28H32ClN3O4/c1-34-25-11-9-24(10-12-25)30-28(33)32-15-13-31(14-16-32)19-27(22-6-4-8-26(18-22)35-2)36-20-21-5-3-7-23(29)17-21/h3-12,17-18,27H,13-16,19-20H2,1-2H3,(H,30,33)/t27-/m0/s1. The topological polar surface area (TPSA) is 63.3 Å². The van der Waals surface area contributed by atoms with E-state index in [1.54, 1.807) is 14.2 Å². The third-order valence-corrected chi connectivity index (χ3v) is 6.47. The van der Waals surface area contributed by atoms with E-state index in [9.17, 15) is 4.79 Å². The van der Waals surface area contributed by atoms with Crippen LogP contribution in [0.25, 0.3) is 0 Å². The molecule has 1 fully saturated rings. The molecule has 36 heavy (non-hydrogen) atoms. The second-order valence-corrected chi connectivity index (χ2v) is 9.09. The lowest BCUT2D eigenvalue weighted by Gasteiger charge is -2.36. The Hall–Kier alpha value is -3.26. The van der Waals surface area contributed by atoms with Crippen LogP contribution in [0, 0.1) is 0 Å². The van der Waals surface area contributed by atoms with Crippen molar-refractivity contribution in [3.8, 4) is 11.5 Å². The van der Waals surface area contributed by atoms with Gasteiger partial charge in [-0.1, -0.05) is 35.9 Å². The maximum Gasteiger partial charge on any atom is 0.321 e. The Labute approximate surface area is 217 Å². The zero-order chi connectivity index (χ0) is 25.3. The van der Waals surface area contributed by atoms with Gasteiger partial charge in [0.1, 0.15) is 11.5 Å². The molecule has 1 atom stereocenters. The number of hydrogen-bond donors (Lipinski definition) is 1. The van der Waals surface area contributed by atoms with Gasteiger partial charge in [-0.3, -0.25) is 4.90 Å². The zero-order valence-corrected chi connectivity index (χ0v) is 21.4. The van der Waals surface area contributed by atoms with Crippen LogP contribution in [0.4, 0.5) is 10.5 Å². The monoisotopic (exact) mass is 509 g/mol. The molecule has 2 amide bonds. The average molecular weight is 510 g/mol. The van der Waals surface area contributed by atoms with Gasteiger partial charge in [0.2, 0.25) is 0 Å². The van der Waals surface area contributed by atoms with E-state index in [0.29, 0.717) is 31.3 Å². The van der Waals surface area contributed by atoms with Gasteiger partial charge in [0.05, 0.1) is 26.9 Å². The van der Waals surface area contributed by atoms with E-state index in [0.717, 1.165) is 41.4 Å². The molecule has 7 nitrogen and oxygen atoms in total. The van der Waals surface area contributed by atoms with Gasteiger partial charge >= 0.3 is 6.03 Å². The highest BCUT2D eigenvalue weighted by molar-refractivity contribution is 6.30. The summed E-state index contributed by atoms with van der Waals surface area (Å²) in [4.78, 5) is 16.9. The fourth-order valence-corrected chi connectivity index (χ4v) is 4.38. The van der Waals surface area contributed by atoms with Crippen LogP contribution in [0.1, 0.15) is 17.2 Å². The van der Waals surface area contributed by atoms with E-state index >= 15 is 0 Å². The number of nitrogens with zero attached hydrogens (tertiary/aromatic N) is 2.